The van der Waals surface area contributed by atoms with E-state index in [2.05, 4.69) is 38.3 Å². The van der Waals surface area contributed by atoms with Gasteiger partial charge in [-0.3, -0.25) is 4.79 Å². The summed E-state index contributed by atoms with van der Waals surface area (Å²) in [5.74, 6) is 0.297. The van der Waals surface area contributed by atoms with E-state index in [9.17, 15) is 4.79 Å². The average molecular weight is 277 g/mol. The van der Waals surface area contributed by atoms with Gasteiger partial charge in [0.1, 0.15) is 0 Å². The Kier molecular flexibility index (Phi) is 4.38. The van der Waals surface area contributed by atoms with E-state index >= 15 is 0 Å². The third kappa shape index (κ3) is 2.83. The summed E-state index contributed by atoms with van der Waals surface area (Å²) >= 11 is 0. The molecule has 0 aliphatic heterocycles. The van der Waals surface area contributed by atoms with E-state index in [4.69, 9.17) is 4.74 Å². The second-order valence-corrected chi connectivity index (χ2v) is 6.85. The fourth-order valence-electron chi connectivity index (χ4n) is 3.49. The zero-order valence-corrected chi connectivity index (χ0v) is 13.5. The van der Waals surface area contributed by atoms with Crippen molar-refractivity contribution in [3.05, 3.63) is 23.0 Å². The van der Waals surface area contributed by atoms with E-state index in [0.29, 0.717) is 24.9 Å². The van der Waals surface area contributed by atoms with Crippen LogP contribution in [0.15, 0.2) is 6.07 Å². The first-order valence-corrected chi connectivity index (χ1v) is 7.62. The van der Waals surface area contributed by atoms with Crippen LogP contribution in [-0.2, 0) is 11.2 Å². The molecule has 3 heteroatoms. The van der Waals surface area contributed by atoms with Gasteiger partial charge in [-0.25, -0.2) is 0 Å². The number of aromatic nitrogens is 1. The SMILES string of the molecule is CCCC(COC)n1c(C)cc2c1CC(C)(C)CC2=O. The van der Waals surface area contributed by atoms with E-state index in [1.807, 2.05) is 0 Å². The van der Waals surface area contributed by atoms with Crippen LogP contribution in [-0.4, -0.2) is 24.1 Å². The molecule has 1 aliphatic carbocycles. The van der Waals surface area contributed by atoms with Gasteiger partial charge in [0.05, 0.1) is 12.6 Å². The van der Waals surface area contributed by atoms with Gasteiger partial charge in [0.2, 0.25) is 0 Å². The van der Waals surface area contributed by atoms with Crippen molar-refractivity contribution in [2.75, 3.05) is 13.7 Å². The minimum Gasteiger partial charge on any atom is -0.383 e. The van der Waals surface area contributed by atoms with E-state index in [-0.39, 0.29) is 5.41 Å². The fourth-order valence-corrected chi connectivity index (χ4v) is 3.49. The Hall–Kier alpha value is -1.09. The predicted molar refractivity (Wildman–Crippen MR) is 81.4 cm³/mol. The normalized spacial score (nSPS) is 18.9. The molecular formula is C17H27NO2. The molecule has 0 saturated carbocycles. The molecule has 0 amide bonds. The molecule has 1 atom stereocenters. The van der Waals surface area contributed by atoms with Crippen LogP contribution >= 0.6 is 0 Å². The smallest absolute Gasteiger partial charge is 0.165 e. The Morgan fingerprint density at radius 3 is 2.70 bits per heavy atom. The minimum atomic E-state index is 0.0659. The van der Waals surface area contributed by atoms with Crippen LogP contribution in [0.1, 0.15) is 67.8 Å². The van der Waals surface area contributed by atoms with Gasteiger partial charge in [-0.2, -0.15) is 0 Å². The molecule has 1 aromatic rings. The number of methoxy groups -OCH3 is 1. The summed E-state index contributed by atoms with van der Waals surface area (Å²) in [7, 11) is 1.75. The Bertz CT molecular complexity index is 493. The molecule has 0 fully saturated rings. The molecule has 1 aliphatic rings. The second-order valence-electron chi connectivity index (χ2n) is 6.85. The van der Waals surface area contributed by atoms with Crippen molar-refractivity contribution in [1.29, 1.82) is 0 Å². The average Bonchev–Trinajstić information content (AvgIpc) is 2.64. The lowest BCUT2D eigenvalue weighted by Gasteiger charge is -2.32. The lowest BCUT2D eigenvalue weighted by atomic mass is 9.76. The van der Waals surface area contributed by atoms with Crippen molar-refractivity contribution < 1.29 is 9.53 Å². The van der Waals surface area contributed by atoms with Gasteiger partial charge in [0.15, 0.2) is 5.78 Å². The Labute approximate surface area is 122 Å². The van der Waals surface area contributed by atoms with Gasteiger partial charge >= 0.3 is 0 Å². The number of fused-ring (bicyclic) bond motifs is 1. The largest absolute Gasteiger partial charge is 0.383 e. The number of nitrogens with zero attached hydrogens (tertiary/aromatic N) is 1. The number of aryl methyl sites for hydroxylation is 1. The number of hydrogen-bond donors (Lipinski definition) is 0. The lowest BCUT2D eigenvalue weighted by molar-refractivity contribution is 0.0906. The van der Waals surface area contributed by atoms with Crippen molar-refractivity contribution in [2.45, 2.75) is 59.4 Å². The number of Topliss-reactive ketones (excluding diaryl/α,β-unsaturated/α-hetero) is 1. The molecule has 2 rings (SSSR count). The van der Waals surface area contributed by atoms with Gasteiger partial charge < -0.3 is 9.30 Å². The van der Waals surface area contributed by atoms with Crippen LogP contribution in [0, 0.1) is 12.3 Å². The van der Waals surface area contributed by atoms with Gasteiger partial charge in [0.25, 0.3) is 0 Å². The predicted octanol–water partition coefficient (Wildman–Crippen LogP) is 3.94. The van der Waals surface area contributed by atoms with E-state index in [1.165, 1.54) is 11.4 Å². The van der Waals surface area contributed by atoms with Crippen LogP contribution in [0.3, 0.4) is 0 Å². The highest BCUT2D eigenvalue weighted by molar-refractivity contribution is 5.99. The topological polar surface area (TPSA) is 31.2 Å². The standard InChI is InChI=1S/C17H27NO2/c1-6-7-13(11-20-5)18-12(2)8-14-15(18)9-17(3,4)10-16(14)19/h8,13H,6-7,9-11H2,1-5H3. The first-order valence-electron chi connectivity index (χ1n) is 7.62. The van der Waals surface area contributed by atoms with Gasteiger partial charge in [-0.1, -0.05) is 27.2 Å². The van der Waals surface area contributed by atoms with Crippen LogP contribution in [0.4, 0.5) is 0 Å². The highest BCUT2D eigenvalue weighted by atomic mass is 16.5. The molecule has 1 aromatic heterocycles. The van der Waals surface area contributed by atoms with Crippen molar-refractivity contribution in [2.24, 2.45) is 5.41 Å². The first kappa shape index (κ1) is 15.3. The molecule has 0 radical (unpaired) electrons. The van der Waals surface area contributed by atoms with Crippen molar-refractivity contribution in [1.82, 2.24) is 4.57 Å². The van der Waals surface area contributed by atoms with Crippen LogP contribution in [0.5, 0.6) is 0 Å². The third-order valence-corrected chi connectivity index (χ3v) is 4.27. The maximum absolute atomic E-state index is 12.4. The summed E-state index contributed by atoms with van der Waals surface area (Å²) in [5, 5.41) is 0. The molecule has 0 N–H and O–H groups in total. The third-order valence-electron chi connectivity index (χ3n) is 4.27. The highest BCUT2D eigenvalue weighted by Gasteiger charge is 2.35. The molecule has 0 bridgehead atoms. The monoisotopic (exact) mass is 277 g/mol. The molecule has 20 heavy (non-hydrogen) atoms. The van der Waals surface area contributed by atoms with Gasteiger partial charge in [-0.15, -0.1) is 0 Å². The van der Waals surface area contributed by atoms with Crippen molar-refractivity contribution in [3.63, 3.8) is 0 Å². The molecule has 3 nitrogen and oxygen atoms in total. The van der Waals surface area contributed by atoms with Crippen LogP contribution in [0.2, 0.25) is 0 Å². The molecule has 1 unspecified atom stereocenters. The number of rotatable bonds is 5. The zero-order chi connectivity index (χ0) is 14.9. The molecule has 1 heterocycles. The molecule has 0 saturated heterocycles. The fraction of sp³-hybridized carbons (Fsp3) is 0.706. The van der Waals surface area contributed by atoms with E-state index < -0.39 is 0 Å². The van der Waals surface area contributed by atoms with E-state index in [0.717, 1.165) is 24.8 Å². The second kappa shape index (κ2) is 5.72. The molecule has 0 aromatic carbocycles. The number of carbonyl (C=O) groups excluding carboxylic acids is 1. The molecule has 0 spiro atoms. The molecule has 112 valence electrons. The summed E-state index contributed by atoms with van der Waals surface area (Å²) in [6.45, 7) is 9.39. The maximum Gasteiger partial charge on any atom is 0.165 e. The summed E-state index contributed by atoms with van der Waals surface area (Å²) in [6.07, 6.45) is 3.85. The quantitative estimate of drug-likeness (QED) is 0.816. The first-order chi connectivity index (χ1) is 9.39. The summed E-state index contributed by atoms with van der Waals surface area (Å²) in [4.78, 5) is 12.4. The number of carbonyl (C=O) groups is 1. The Morgan fingerprint density at radius 2 is 2.10 bits per heavy atom. The summed E-state index contributed by atoms with van der Waals surface area (Å²) in [5.41, 5.74) is 3.42. The number of ketones is 1. The number of hydrogen-bond acceptors (Lipinski definition) is 2. The number of ether oxygens (including phenoxy) is 1. The van der Waals surface area contributed by atoms with Crippen LogP contribution in [0.25, 0.3) is 0 Å². The van der Waals surface area contributed by atoms with E-state index in [1.54, 1.807) is 7.11 Å². The summed E-state index contributed by atoms with van der Waals surface area (Å²) in [6, 6.07) is 2.42. The van der Waals surface area contributed by atoms with Crippen LogP contribution < -0.4 is 0 Å². The van der Waals surface area contributed by atoms with Crippen molar-refractivity contribution >= 4 is 5.78 Å². The molecular weight excluding hydrogens is 250 g/mol. The lowest BCUT2D eigenvalue weighted by Crippen LogP contribution is -2.29. The Balaban J connectivity index is 2.46. The zero-order valence-electron chi connectivity index (χ0n) is 13.5. The highest BCUT2D eigenvalue weighted by Crippen LogP contribution is 2.38. The maximum atomic E-state index is 12.4. The van der Waals surface area contributed by atoms with Gasteiger partial charge in [-0.05, 0) is 31.2 Å². The van der Waals surface area contributed by atoms with Crippen molar-refractivity contribution in [3.8, 4) is 0 Å². The summed E-state index contributed by atoms with van der Waals surface area (Å²) < 4.78 is 7.76. The van der Waals surface area contributed by atoms with Gasteiger partial charge in [0, 0.05) is 30.5 Å². The Morgan fingerprint density at radius 1 is 1.40 bits per heavy atom. The minimum absolute atomic E-state index is 0.0659.